The lowest BCUT2D eigenvalue weighted by atomic mass is 10.0. The van der Waals surface area contributed by atoms with Crippen molar-refractivity contribution in [2.75, 3.05) is 6.54 Å². The van der Waals surface area contributed by atoms with E-state index in [0.29, 0.717) is 0 Å². The van der Waals surface area contributed by atoms with Gasteiger partial charge in [0.25, 0.3) is 0 Å². The Hall–Kier alpha value is -1.72. The first-order valence-corrected chi connectivity index (χ1v) is 7.94. The van der Waals surface area contributed by atoms with Gasteiger partial charge in [0.15, 0.2) is 0 Å². The van der Waals surface area contributed by atoms with Crippen LogP contribution in [0.25, 0.3) is 0 Å². The van der Waals surface area contributed by atoms with Gasteiger partial charge in [0, 0.05) is 4.88 Å². The first-order valence-electron chi connectivity index (χ1n) is 7.06. The van der Waals surface area contributed by atoms with Crippen molar-refractivity contribution in [1.82, 2.24) is 10.6 Å². The average Bonchev–Trinajstić information content (AvgIpc) is 3.19. The lowest BCUT2D eigenvalue weighted by Crippen LogP contribution is -2.42. The van der Waals surface area contributed by atoms with Crippen LogP contribution in [0.3, 0.4) is 0 Å². The molecule has 5 heteroatoms. The Kier molecular flexibility index (Phi) is 4.31. The van der Waals surface area contributed by atoms with Crippen molar-refractivity contribution in [1.29, 1.82) is 0 Å². The standard InChI is InChI=1S/C16H17FN2OS/c17-12-7-5-11(6-8-12)15(14-4-2-10-21-14)19-16(20)13-3-1-9-18-13/h2,4-8,10,13,15,18H,1,3,9H2,(H,19,20)/t13-,15?/m1/s1. The normalized spacial score (nSPS) is 19.4. The molecule has 3 rings (SSSR count). The number of amides is 1. The van der Waals surface area contributed by atoms with Crippen LogP contribution in [0, 0.1) is 5.82 Å². The second-order valence-electron chi connectivity index (χ2n) is 5.16. The van der Waals surface area contributed by atoms with Crippen LogP contribution in [0.1, 0.15) is 29.3 Å². The molecule has 0 aliphatic carbocycles. The zero-order valence-corrected chi connectivity index (χ0v) is 12.3. The second kappa shape index (κ2) is 6.37. The van der Waals surface area contributed by atoms with E-state index in [-0.39, 0.29) is 23.8 Å². The van der Waals surface area contributed by atoms with Crippen LogP contribution in [-0.4, -0.2) is 18.5 Å². The number of hydrogen-bond donors (Lipinski definition) is 2. The number of carbonyl (C=O) groups excluding carboxylic acids is 1. The van der Waals surface area contributed by atoms with E-state index in [4.69, 9.17) is 0 Å². The van der Waals surface area contributed by atoms with Gasteiger partial charge in [-0.2, -0.15) is 0 Å². The number of benzene rings is 1. The highest BCUT2D eigenvalue weighted by atomic mass is 32.1. The number of halogens is 1. The van der Waals surface area contributed by atoms with E-state index in [1.807, 2.05) is 17.5 Å². The number of thiophene rings is 1. The van der Waals surface area contributed by atoms with Crippen molar-refractivity contribution in [3.05, 3.63) is 58.0 Å². The number of nitrogens with one attached hydrogen (secondary N) is 2. The fourth-order valence-corrected chi connectivity index (χ4v) is 3.38. The Labute approximate surface area is 127 Å². The molecule has 1 unspecified atom stereocenters. The zero-order valence-electron chi connectivity index (χ0n) is 11.5. The molecule has 1 fully saturated rings. The molecule has 2 aromatic rings. The zero-order chi connectivity index (χ0) is 14.7. The van der Waals surface area contributed by atoms with Gasteiger partial charge in [-0.05, 0) is 48.5 Å². The summed E-state index contributed by atoms with van der Waals surface area (Å²) in [6.45, 7) is 0.887. The SMILES string of the molecule is O=C(NC(c1ccc(F)cc1)c1cccs1)[C@H]1CCCN1. The van der Waals surface area contributed by atoms with Gasteiger partial charge in [-0.15, -0.1) is 11.3 Å². The number of rotatable bonds is 4. The lowest BCUT2D eigenvalue weighted by molar-refractivity contribution is -0.123. The van der Waals surface area contributed by atoms with Crippen molar-refractivity contribution >= 4 is 17.2 Å². The third kappa shape index (κ3) is 3.31. The molecule has 0 radical (unpaired) electrons. The van der Waals surface area contributed by atoms with Gasteiger partial charge in [0.05, 0.1) is 12.1 Å². The first-order chi connectivity index (χ1) is 10.2. The summed E-state index contributed by atoms with van der Waals surface area (Å²) >= 11 is 1.59. The molecule has 2 N–H and O–H groups in total. The van der Waals surface area contributed by atoms with E-state index in [1.54, 1.807) is 23.5 Å². The van der Waals surface area contributed by atoms with Crippen LogP contribution in [0.5, 0.6) is 0 Å². The third-order valence-corrected chi connectivity index (χ3v) is 4.63. The van der Waals surface area contributed by atoms with E-state index in [0.717, 1.165) is 29.8 Å². The molecule has 0 spiro atoms. The smallest absolute Gasteiger partial charge is 0.237 e. The van der Waals surface area contributed by atoms with E-state index in [2.05, 4.69) is 10.6 Å². The molecule has 110 valence electrons. The van der Waals surface area contributed by atoms with Gasteiger partial charge in [-0.1, -0.05) is 18.2 Å². The van der Waals surface area contributed by atoms with Gasteiger partial charge in [0.1, 0.15) is 5.82 Å². The summed E-state index contributed by atoms with van der Waals surface area (Å²) in [6.07, 6.45) is 1.89. The lowest BCUT2D eigenvalue weighted by Gasteiger charge is -2.20. The van der Waals surface area contributed by atoms with Crippen molar-refractivity contribution in [2.45, 2.75) is 24.9 Å². The molecule has 1 amide bonds. The highest BCUT2D eigenvalue weighted by Crippen LogP contribution is 2.26. The maximum absolute atomic E-state index is 13.1. The summed E-state index contributed by atoms with van der Waals surface area (Å²) in [5.74, 6) is -0.261. The predicted molar refractivity (Wildman–Crippen MR) is 81.7 cm³/mol. The van der Waals surface area contributed by atoms with Gasteiger partial charge < -0.3 is 10.6 Å². The maximum Gasteiger partial charge on any atom is 0.237 e. The van der Waals surface area contributed by atoms with E-state index in [1.165, 1.54) is 12.1 Å². The topological polar surface area (TPSA) is 41.1 Å². The predicted octanol–water partition coefficient (Wildman–Crippen LogP) is 2.84. The average molecular weight is 304 g/mol. The van der Waals surface area contributed by atoms with Crippen molar-refractivity contribution in [3.63, 3.8) is 0 Å². The fraction of sp³-hybridized carbons (Fsp3) is 0.312. The Morgan fingerprint density at radius 1 is 1.33 bits per heavy atom. The van der Waals surface area contributed by atoms with E-state index >= 15 is 0 Å². The maximum atomic E-state index is 13.1. The largest absolute Gasteiger partial charge is 0.343 e. The molecular formula is C16H17FN2OS. The molecular weight excluding hydrogens is 287 g/mol. The van der Waals surface area contributed by atoms with Gasteiger partial charge in [-0.3, -0.25) is 4.79 Å². The molecule has 1 aliphatic heterocycles. The molecule has 1 saturated heterocycles. The van der Waals surface area contributed by atoms with Crippen LogP contribution in [0.15, 0.2) is 41.8 Å². The van der Waals surface area contributed by atoms with Gasteiger partial charge in [-0.25, -0.2) is 4.39 Å². The van der Waals surface area contributed by atoms with E-state index < -0.39 is 0 Å². The van der Waals surface area contributed by atoms with Crippen LogP contribution in [0.4, 0.5) is 4.39 Å². The van der Waals surface area contributed by atoms with Crippen molar-refractivity contribution in [3.8, 4) is 0 Å². The minimum Gasteiger partial charge on any atom is -0.343 e. The highest BCUT2D eigenvalue weighted by molar-refractivity contribution is 7.10. The molecule has 21 heavy (non-hydrogen) atoms. The minimum atomic E-state index is -0.271. The van der Waals surface area contributed by atoms with Crippen molar-refractivity contribution < 1.29 is 9.18 Å². The van der Waals surface area contributed by atoms with Gasteiger partial charge in [0.2, 0.25) is 5.91 Å². The molecule has 1 aromatic carbocycles. The first kappa shape index (κ1) is 14.2. The molecule has 3 nitrogen and oxygen atoms in total. The highest BCUT2D eigenvalue weighted by Gasteiger charge is 2.25. The molecule has 2 atom stereocenters. The minimum absolute atomic E-state index is 0.00947. The summed E-state index contributed by atoms with van der Waals surface area (Å²) in [6, 6.07) is 9.90. The summed E-state index contributed by atoms with van der Waals surface area (Å²) < 4.78 is 13.1. The quantitative estimate of drug-likeness (QED) is 0.912. The van der Waals surface area contributed by atoms with Crippen molar-refractivity contribution in [2.24, 2.45) is 0 Å². The summed E-state index contributed by atoms with van der Waals surface area (Å²) in [5, 5.41) is 8.26. The molecule has 0 bridgehead atoms. The second-order valence-corrected chi connectivity index (χ2v) is 6.14. The molecule has 2 heterocycles. The van der Waals surface area contributed by atoms with Crippen LogP contribution in [0.2, 0.25) is 0 Å². The Morgan fingerprint density at radius 2 is 2.14 bits per heavy atom. The van der Waals surface area contributed by atoms with Crippen LogP contribution in [-0.2, 0) is 4.79 Å². The Balaban J connectivity index is 1.82. The summed E-state index contributed by atoms with van der Waals surface area (Å²) in [4.78, 5) is 13.4. The Morgan fingerprint density at radius 3 is 2.76 bits per heavy atom. The molecule has 0 saturated carbocycles. The third-order valence-electron chi connectivity index (χ3n) is 3.69. The fourth-order valence-electron chi connectivity index (χ4n) is 2.58. The van der Waals surface area contributed by atoms with Crippen LogP contribution < -0.4 is 10.6 Å². The van der Waals surface area contributed by atoms with Crippen LogP contribution >= 0.6 is 11.3 Å². The van der Waals surface area contributed by atoms with E-state index in [9.17, 15) is 9.18 Å². The Bertz CT molecular complexity index is 591. The summed E-state index contributed by atoms with van der Waals surface area (Å²) in [5.41, 5.74) is 0.894. The monoisotopic (exact) mass is 304 g/mol. The number of carbonyl (C=O) groups is 1. The van der Waals surface area contributed by atoms with Gasteiger partial charge >= 0.3 is 0 Å². The number of hydrogen-bond acceptors (Lipinski definition) is 3. The summed E-state index contributed by atoms with van der Waals surface area (Å²) in [7, 11) is 0. The molecule has 1 aromatic heterocycles. The molecule has 1 aliphatic rings.